The summed E-state index contributed by atoms with van der Waals surface area (Å²) in [6.45, 7) is 3.33. The number of aromatic nitrogens is 2. The van der Waals surface area contributed by atoms with Crippen LogP contribution in [0, 0.1) is 0 Å². The fourth-order valence-electron chi connectivity index (χ4n) is 3.32. The molecule has 2 aromatic carbocycles. The van der Waals surface area contributed by atoms with Crippen LogP contribution in [0.4, 0.5) is 0 Å². The summed E-state index contributed by atoms with van der Waals surface area (Å²) in [5.41, 5.74) is 3.37. The SMILES string of the molecule is CC1(c2nc3ccccc3n2-c2ccccc2)CCCN1. The van der Waals surface area contributed by atoms with Crippen molar-refractivity contribution in [3.63, 3.8) is 0 Å². The smallest absolute Gasteiger partial charge is 0.134 e. The Morgan fingerprint density at radius 3 is 2.57 bits per heavy atom. The lowest BCUT2D eigenvalue weighted by molar-refractivity contribution is 0.403. The van der Waals surface area contributed by atoms with E-state index in [2.05, 4.69) is 71.4 Å². The number of hydrogen-bond acceptors (Lipinski definition) is 2. The molecule has 1 N–H and O–H groups in total. The molecule has 1 fully saturated rings. The van der Waals surface area contributed by atoms with Gasteiger partial charge in [0, 0.05) is 5.69 Å². The van der Waals surface area contributed by atoms with Gasteiger partial charge in [0.05, 0.1) is 16.6 Å². The summed E-state index contributed by atoms with van der Waals surface area (Å²) >= 11 is 0. The van der Waals surface area contributed by atoms with Crippen LogP contribution in [0.1, 0.15) is 25.6 Å². The highest BCUT2D eigenvalue weighted by Gasteiger charge is 2.35. The Balaban J connectivity index is 2.02. The van der Waals surface area contributed by atoms with E-state index in [1.165, 1.54) is 17.6 Å². The Morgan fingerprint density at radius 1 is 1.05 bits per heavy atom. The van der Waals surface area contributed by atoms with Crippen molar-refractivity contribution in [2.75, 3.05) is 6.54 Å². The summed E-state index contributed by atoms with van der Waals surface area (Å²) in [5.74, 6) is 1.12. The van der Waals surface area contributed by atoms with Gasteiger partial charge in [0.1, 0.15) is 5.82 Å². The number of fused-ring (bicyclic) bond motifs is 1. The van der Waals surface area contributed by atoms with Gasteiger partial charge in [-0.25, -0.2) is 4.98 Å². The molecule has 0 radical (unpaired) electrons. The van der Waals surface area contributed by atoms with Crippen molar-refractivity contribution in [2.24, 2.45) is 0 Å². The monoisotopic (exact) mass is 277 g/mol. The van der Waals surface area contributed by atoms with Crippen LogP contribution in [0.3, 0.4) is 0 Å². The Bertz CT molecular complexity index is 768. The van der Waals surface area contributed by atoms with Crippen molar-refractivity contribution in [3.8, 4) is 5.69 Å². The number of benzene rings is 2. The van der Waals surface area contributed by atoms with E-state index >= 15 is 0 Å². The number of para-hydroxylation sites is 3. The van der Waals surface area contributed by atoms with Crippen molar-refractivity contribution < 1.29 is 0 Å². The third-order valence-corrected chi connectivity index (χ3v) is 4.44. The van der Waals surface area contributed by atoms with E-state index in [-0.39, 0.29) is 5.54 Å². The molecule has 1 unspecified atom stereocenters. The highest BCUT2D eigenvalue weighted by molar-refractivity contribution is 5.78. The van der Waals surface area contributed by atoms with Gasteiger partial charge in [-0.1, -0.05) is 30.3 Å². The predicted molar refractivity (Wildman–Crippen MR) is 85.7 cm³/mol. The van der Waals surface area contributed by atoms with Crippen LogP contribution in [0.25, 0.3) is 16.7 Å². The molecule has 0 aliphatic carbocycles. The first-order valence-corrected chi connectivity index (χ1v) is 7.56. The summed E-state index contributed by atoms with van der Waals surface area (Å²) < 4.78 is 2.30. The number of nitrogens with one attached hydrogen (secondary N) is 1. The normalized spacial score (nSPS) is 22.0. The molecule has 1 aliphatic rings. The van der Waals surface area contributed by atoms with Gasteiger partial charge < -0.3 is 5.32 Å². The summed E-state index contributed by atoms with van der Waals surface area (Å²) in [6.07, 6.45) is 2.33. The zero-order valence-corrected chi connectivity index (χ0v) is 12.2. The van der Waals surface area contributed by atoms with Crippen LogP contribution in [0.2, 0.25) is 0 Å². The molecule has 1 saturated heterocycles. The average Bonchev–Trinajstić information content (AvgIpc) is 3.13. The molecule has 1 aromatic heterocycles. The van der Waals surface area contributed by atoms with E-state index in [9.17, 15) is 0 Å². The summed E-state index contributed by atoms with van der Waals surface area (Å²) in [6, 6.07) is 18.9. The largest absolute Gasteiger partial charge is 0.305 e. The molecule has 2 heterocycles. The van der Waals surface area contributed by atoms with E-state index < -0.39 is 0 Å². The first kappa shape index (κ1) is 12.6. The summed E-state index contributed by atoms with van der Waals surface area (Å²) in [7, 11) is 0. The number of hydrogen-bond donors (Lipinski definition) is 1. The molecular formula is C18H19N3. The van der Waals surface area contributed by atoms with Crippen LogP contribution in [-0.2, 0) is 5.54 Å². The minimum absolute atomic E-state index is 0.0468. The van der Waals surface area contributed by atoms with Gasteiger partial charge in [-0.15, -0.1) is 0 Å². The molecule has 106 valence electrons. The lowest BCUT2D eigenvalue weighted by atomic mass is 9.99. The van der Waals surface area contributed by atoms with Gasteiger partial charge in [0.2, 0.25) is 0 Å². The van der Waals surface area contributed by atoms with Gasteiger partial charge in [0.25, 0.3) is 0 Å². The van der Waals surface area contributed by atoms with Gasteiger partial charge >= 0.3 is 0 Å². The van der Waals surface area contributed by atoms with Gasteiger partial charge in [0.15, 0.2) is 0 Å². The third kappa shape index (κ3) is 1.96. The fraction of sp³-hybridized carbons (Fsp3) is 0.278. The van der Waals surface area contributed by atoms with Gasteiger partial charge in [-0.2, -0.15) is 0 Å². The number of imidazole rings is 1. The van der Waals surface area contributed by atoms with E-state index in [1.807, 2.05) is 0 Å². The lowest BCUT2D eigenvalue weighted by Crippen LogP contribution is -2.36. The predicted octanol–water partition coefficient (Wildman–Crippen LogP) is 3.62. The zero-order chi connectivity index (χ0) is 14.3. The van der Waals surface area contributed by atoms with Gasteiger partial charge in [-0.05, 0) is 50.6 Å². The first-order chi connectivity index (χ1) is 10.3. The number of rotatable bonds is 2. The maximum Gasteiger partial charge on any atom is 0.134 e. The first-order valence-electron chi connectivity index (χ1n) is 7.56. The molecule has 3 aromatic rings. The average molecular weight is 277 g/mol. The fourth-order valence-corrected chi connectivity index (χ4v) is 3.32. The minimum Gasteiger partial charge on any atom is -0.305 e. The molecule has 21 heavy (non-hydrogen) atoms. The third-order valence-electron chi connectivity index (χ3n) is 4.44. The second kappa shape index (κ2) is 4.71. The van der Waals surface area contributed by atoms with Crippen molar-refractivity contribution in [2.45, 2.75) is 25.3 Å². The van der Waals surface area contributed by atoms with Crippen molar-refractivity contribution in [1.29, 1.82) is 0 Å². The van der Waals surface area contributed by atoms with E-state index in [4.69, 9.17) is 4.98 Å². The van der Waals surface area contributed by atoms with Crippen molar-refractivity contribution >= 4 is 11.0 Å². The maximum atomic E-state index is 4.94. The maximum absolute atomic E-state index is 4.94. The van der Waals surface area contributed by atoms with E-state index in [0.717, 1.165) is 24.3 Å². The molecule has 1 atom stereocenters. The van der Waals surface area contributed by atoms with Gasteiger partial charge in [-0.3, -0.25) is 4.57 Å². The molecular weight excluding hydrogens is 258 g/mol. The molecule has 0 bridgehead atoms. The molecule has 0 spiro atoms. The van der Waals surface area contributed by atoms with Crippen LogP contribution in [0.15, 0.2) is 54.6 Å². The molecule has 3 nitrogen and oxygen atoms in total. The molecule has 1 aliphatic heterocycles. The van der Waals surface area contributed by atoms with Crippen LogP contribution < -0.4 is 5.32 Å². The highest BCUT2D eigenvalue weighted by Crippen LogP contribution is 2.33. The lowest BCUT2D eigenvalue weighted by Gasteiger charge is -2.25. The summed E-state index contributed by atoms with van der Waals surface area (Å²) in [4.78, 5) is 4.94. The zero-order valence-electron chi connectivity index (χ0n) is 12.2. The van der Waals surface area contributed by atoms with Crippen molar-refractivity contribution in [1.82, 2.24) is 14.9 Å². The highest BCUT2D eigenvalue weighted by atomic mass is 15.2. The van der Waals surface area contributed by atoms with E-state index in [0.29, 0.717) is 0 Å². The Morgan fingerprint density at radius 2 is 1.81 bits per heavy atom. The minimum atomic E-state index is -0.0468. The molecule has 0 amide bonds. The Labute approximate surface area is 124 Å². The van der Waals surface area contributed by atoms with Crippen LogP contribution >= 0.6 is 0 Å². The van der Waals surface area contributed by atoms with Crippen molar-refractivity contribution in [3.05, 3.63) is 60.4 Å². The number of nitrogens with zero attached hydrogens (tertiary/aromatic N) is 2. The quantitative estimate of drug-likeness (QED) is 0.775. The van der Waals surface area contributed by atoms with E-state index in [1.54, 1.807) is 0 Å². The summed E-state index contributed by atoms with van der Waals surface area (Å²) in [5, 5.41) is 3.64. The second-order valence-electron chi connectivity index (χ2n) is 5.96. The topological polar surface area (TPSA) is 29.9 Å². The molecule has 4 rings (SSSR count). The Kier molecular flexibility index (Phi) is 2.82. The standard InChI is InChI=1S/C18H19N3/c1-18(12-7-13-19-18)17-20-15-10-5-6-11-16(15)21(17)14-8-3-2-4-9-14/h2-6,8-11,19H,7,12-13H2,1H3. The Hall–Kier alpha value is -2.13. The second-order valence-corrected chi connectivity index (χ2v) is 5.96. The van der Waals surface area contributed by atoms with Crippen LogP contribution in [0.5, 0.6) is 0 Å². The molecule has 0 saturated carbocycles. The van der Waals surface area contributed by atoms with Crippen LogP contribution in [-0.4, -0.2) is 16.1 Å². The molecule has 3 heteroatoms.